The first-order chi connectivity index (χ1) is 15.0. The van der Waals surface area contributed by atoms with Crippen LogP contribution >= 0.6 is 0 Å². The number of rotatable bonds is 7. The molecule has 0 unspecified atom stereocenters. The number of primary amides is 1. The Kier molecular flexibility index (Phi) is 4.47. The maximum absolute atomic E-state index is 11.9. The van der Waals surface area contributed by atoms with Crippen LogP contribution in [0.25, 0.3) is 11.3 Å². The number of carbonyl (C=O) groups is 1. The van der Waals surface area contributed by atoms with Gasteiger partial charge >= 0.3 is 0 Å². The van der Waals surface area contributed by atoms with E-state index in [1.807, 2.05) is 29.9 Å². The molecule has 0 bridgehead atoms. The standard InChI is InChI=1S/C23H23N7O/c1-14-10-26-22(28-17-11-27-30(12-17)18-3-4-18)29-20(14)15-2-5-19(21(25)31)16(8-15)9-23(13-24)6-7-23/h2,5,8,10-12,18H,3-4,6-7,9H2,1H3,(H2,25,31)(H,26,28,29). The van der Waals surface area contributed by atoms with E-state index in [0.29, 0.717) is 24.0 Å². The lowest BCUT2D eigenvalue weighted by molar-refractivity contribution is 0.0999. The van der Waals surface area contributed by atoms with Crippen molar-refractivity contribution < 1.29 is 4.79 Å². The lowest BCUT2D eigenvalue weighted by Crippen LogP contribution is -2.16. The van der Waals surface area contributed by atoms with Crippen LogP contribution in [0.3, 0.4) is 0 Å². The third-order valence-electron chi connectivity index (χ3n) is 6.01. The van der Waals surface area contributed by atoms with E-state index in [2.05, 4.69) is 21.5 Å². The minimum absolute atomic E-state index is 0.377. The third-order valence-corrected chi connectivity index (χ3v) is 6.01. The topological polar surface area (TPSA) is 123 Å². The summed E-state index contributed by atoms with van der Waals surface area (Å²) in [5.41, 5.74) is 9.86. The van der Waals surface area contributed by atoms with Gasteiger partial charge in [0.25, 0.3) is 0 Å². The van der Waals surface area contributed by atoms with E-state index >= 15 is 0 Å². The van der Waals surface area contributed by atoms with Crippen molar-refractivity contribution in [2.75, 3.05) is 5.32 Å². The normalized spacial score (nSPS) is 16.5. The van der Waals surface area contributed by atoms with Gasteiger partial charge < -0.3 is 11.1 Å². The lowest BCUT2D eigenvalue weighted by Gasteiger charge is -2.14. The second-order valence-corrected chi connectivity index (χ2v) is 8.60. The van der Waals surface area contributed by atoms with Gasteiger partial charge in [-0.3, -0.25) is 9.48 Å². The number of benzene rings is 1. The second kappa shape index (κ2) is 7.20. The summed E-state index contributed by atoms with van der Waals surface area (Å²) in [6.07, 6.45) is 10.1. The number of amides is 1. The lowest BCUT2D eigenvalue weighted by atomic mass is 9.91. The van der Waals surface area contributed by atoms with E-state index in [1.54, 1.807) is 18.5 Å². The van der Waals surface area contributed by atoms with Crippen LogP contribution in [0, 0.1) is 23.7 Å². The van der Waals surface area contributed by atoms with Crippen molar-refractivity contribution in [2.24, 2.45) is 11.1 Å². The molecule has 5 rings (SSSR count). The number of hydrogen-bond donors (Lipinski definition) is 2. The molecule has 0 spiro atoms. The molecule has 0 aliphatic heterocycles. The highest BCUT2D eigenvalue weighted by Gasteiger charge is 2.43. The summed E-state index contributed by atoms with van der Waals surface area (Å²) in [6, 6.07) is 8.41. The molecule has 2 aliphatic rings. The van der Waals surface area contributed by atoms with E-state index in [1.165, 1.54) is 12.8 Å². The highest BCUT2D eigenvalue weighted by molar-refractivity contribution is 5.95. The van der Waals surface area contributed by atoms with Crippen molar-refractivity contribution >= 4 is 17.5 Å². The minimum Gasteiger partial charge on any atom is -0.366 e. The average Bonchev–Trinajstić information content (AvgIpc) is 3.69. The zero-order valence-electron chi connectivity index (χ0n) is 17.3. The number of nitriles is 1. The highest BCUT2D eigenvalue weighted by atomic mass is 16.1. The first kappa shape index (κ1) is 19.2. The summed E-state index contributed by atoms with van der Waals surface area (Å²) in [4.78, 5) is 21.1. The zero-order valence-corrected chi connectivity index (χ0v) is 17.3. The summed E-state index contributed by atoms with van der Waals surface area (Å²) in [6.45, 7) is 1.95. The molecular formula is C23H23N7O. The highest BCUT2D eigenvalue weighted by Crippen LogP contribution is 2.48. The Hall–Kier alpha value is -3.73. The summed E-state index contributed by atoms with van der Waals surface area (Å²) in [7, 11) is 0. The number of nitrogens with zero attached hydrogens (tertiary/aromatic N) is 5. The molecule has 0 saturated heterocycles. The van der Waals surface area contributed by atoms with Crippen LogP contribution in [0.15, 0.2) is 36.8 Å². The Bertz CT molecular complexity index is 1210. The molecule has 2 heterocycles. The van der Waals surface area contributed by atoms with Crippen molar-refractivity contribution in [2.45, 2.75) is 45.1 Å². The molecule has 8 nitrogen and oxygen atoms in total. The Labute approximate surface area is 180 Å². The Balaban J connectivity index is 1.46. The van der Waals surface area contributed by atoms with Crippen LogP contribution < -0.4 is 11.1 Å². The predicted molar refractivity (Wildman–Crippen MR) is 115 cm³/mol. The first-order valence-electron chi connectivity index (χ1n) is 10.5. The van der Waals surface area contributed by atoms with Gasteiger partial charge in [-0.25, -0.2) is 9.97 Å². The number of aryl methyl sites for hydroxylation is 1. The Morgan fingerprint density at radius 1 is 1.35 bits per heavy atom. The molecule has 1 aromatic carbocycles. The van der Waals surface area contributed by atoms with Crippen molar-refractivity contribution in [1.82, 2.24) is 19.7 Å². The van der Waals surface area contributed by atoms with Crippen molar-refractivity contribution in [3.05, 3.63) is 53.5 Å². The monoisotopic (exact) mass is 413 g/mol. The molecule has 2 saturated carbocycles. The molecule has 156 valence electrons. The molecule has 0 radical (unpaired) electrons. The molecule has 2 aromatic heterocycles. The molecule has 0 atom stereocenters. The summed E-state index contributed by atoms with van der Waals surface area (Å²) >= 11 is 0. The van der Waals surface area contributed by atoms with Gasteiger partial charge in [-0.15, -0.1) is 0 Å². The zero-order chi connectivity index (χ0) is 21.6. The fourth-order valence-electron chi connectivity index (χ4n) is 3.84. The Morgan fingerprint density at radius 2 is 2.16 bits per heavy atom. The van der Waals surface area contributed by atoms with Crippen molar-refractivity contribution in [3.63, 3.8) is 0 Å². The largest absolute Gasteiger partial charge is 0.366 e. The number of nitrogens with one attached hydrogen (secondary N) is 1. The fraction of sp³-hybridized carbons (Fsp3) is 0.348. The van der Waals surface area contributed by atoms with E-state index in [-0.39, 0.29) is 5.41 Å². The second-order valence-electron chi connectivity index (χ2n) is 8.60. The van der Waals surface area contributed by atoms with E-state index in [0.717, 1.165) is 40.9 Å². The van der Waals surface area contributed by atoms with Crippen molar-refractivity contribution in [1.29, 1.82) is 5.26 Å². The maximum Gasteiger partial charge on any atom is 0.248 e. The molecule has 1 amide bonds. The van der Waals surface area contributed by atoms with E-state index in [9.17, 15) is 10.1 Å². The minimum atomic E-state index is -0.482. The molecule has 3 N–H and O–H groups in total. The molecule has 3 aromatic rings. The molecule has 8 heteroatoms. The van der Waals surface area contributed by atoms with Gasteiger partial charge in [-0.1, -0.05) is 6.07 Å². The SMILES string of the molecule is Cc1cnc(Nc2cnn(C3CC3)c2)nc1-c1ccc(C(N)=O)c(CC2(C#N)CC2)c1. The summed E-state index contributed by atoms with van der Waals surface area (Å²) in [5.74, 6) is -0.00288. The fourth-order valence-corrected chi connectivity index (χ4v) is 3.84. The van der Waals surface area contributed by atoms with Crippen LogP contribution in [-0.2, 0) is 6.42 Å². The third kappa shape index (κ3) is 3.87. The number of nitrogens with two attached hydrogens (primary N) is 1. The molecule has 2 aliphatic carbocycles. The van der Waals surface area contributed by atoms with Gasteiger partial charge in [-0.2, -0.15) is 10.4 Å². The Morgan fingerprint density at radius 3 is 2.84 bits per heavy atom. The van der Waals surface area contributed by atoms with Crippen LogP contribution in [-0.4, -0.2) is 25.7 Å². The number of aromatic nitrogens is 4. The smallest absolute Gasteiger partial charge is 0.248 e. The van der Waals surface area contributed by atoms with E-state index < -0.39 is 5.91 Å². The van der Waals surface area contributed by atoms with Crippen LogP contribution in [0.2, 0.25) is 0 Å². The first-order valence-corrected chi connectivity index (χ1v) is 10.5. The van der Waals surface area contributed by atoms with Crippen LogP contribution in [0.5, 0.6) is 0 Å². The van der Waals surface area contributed by atoms with Crippen LogP contribution in [0.4, 0.5) is 11.6 Å². The quantitative estimate of drug-likeness (QED) is 0.609. The summed E-state index contributed by atoms with van der Waals surface area (Å²) in [5, 5.41) is 17.1. The predicted octanol–water partition coefficient (Wildman–Crippen LogP) is 3.67. The van der Waals surface area contributed by atoms with Gasteiger partial charge in [0, 0.05) is 23.5 Å². The van der Waals surface area contributed by atoms with Gasteiger partial charge in [-0.05, 0) is 62.3 Å². The van der Waals surface area contributed by atoms with E-state index in [4.69, 9.17) is 10.7 Å². The molecule has 2 fully saturated rings. The average molecular weight is 413 g/mol. The number of hydrogen-bond acceptors (Lipinski definition) is 6. The van der Waals surface area contributed by atoms with Gasteiger partial charge in [0.1, 0.15) is 0 Å². The van der Waals surface area contributed by atoms with Gasteiger partial charge in [0.05, 0.1) is 35.1 Å². The van der Waals surface area contributed by atoms with Crippen LogP contribution in [0.1, 0.15) is 53.2 Å². The van der Waals surface area contributed by atoms with Gasteiger partial charge in [0.15, 0.2) is 0 Å². The molecular weight excluding hydrogens is 390 g/mol. The molecule has 31 heavy (non-hydrogen) atoms. The number of carbonyl (C=O) groups excluding carboxylic acids is 1. The maximum atomic E-state index is 11.9. The van der Waals surface area contributed by atoms with Gasteiger partial charge in [0.2, 0.25) is 11.9 Å². The summed E-state index contributed by atoms with van der Waals surface area (Å²) < 4.78 is 1.97. The number of anilines is 2. The van der Waals surface area contributed by atoms with Crippen molar-refractivity contribution in [3.8, 4) is 17.3 Å².